The van der Waals surface area contributed by atoms with E-state index in [0.29, 0.717) is 11.3 Å². The lowest BCUT2D eigenvalue weighted by Gasteiger charge is -2.01. The van der Waals surface area contributed by atoms with Gasteiger partial charge in [0.05, 0.1) is 19.8 Å². The zero-order valence-electron chi connectivity index (χ0n) is 9.20. The maximum atomic E-state index is 13.5. The van der Waals surface area contributed by atoms with Crippen molar-refractivity contribution in [1.29, 1.82) is 0 Å². The minimum Gasteiger partial charge on any atom is -0.497 e. The predicted molar refractivity (Wildman–Crippen MR) is 58.7 cm³/mol. The molecule has 0 atom stereocenters. The van der Waals surface area contributed by atoms with Gasteiger partial charge in [-0.05, 0) is 31.2 Å². The average molecular weight is 224 g/mol. The Balaban J connectivity index is 2.79. The molecule has 0 fully saturated rings. The summed E-state index contributed by atoms with van der Waals surface area (Å²) in [4.78, 5) is 11.0. The van der Waals surface area contributed by atoms with Crippen molar-refractivity contribution in [3.63, 3.8) is 0 Å². The molecular formula is C12H13FO3. The number of carbonyl (C=O) groups excluding carboxylic acids is 1. The van der Waals surface area contributed by atoms with Crippen molar-refractivity contribution in [2.24, 2.45) is 0 Å². The van der Waals surface area contributed by atoms with Crippen LogP contribution >= 0.6 is 0 Å². The lowest BCUT2D eigenvalue weighted by atomic mass is 10.2. The van der Waals surface area contributed by atoms with Gasteiger partial charge in [-0.3, -0.25) is 0 Å². The summed E-state index contributed by atoms with van der Waals surface area (Å²) < 4.78 is 23.0. The first-order chi connectivity index (χ1) is 7.67. The van der Waals surface area contributed by atoms with Crippen LogP contribution in [-0.4, -0.2) is 19.7 Å². The van der Waals surface area contributed by atoms with Gasteiger partial charge in [0.2, 0.25) is 0 Å². The summed E-state index contributed by atoms with van der Waals surface area (Å²) >= 11 is 0. The van der Waals surface area contributed by atoms with Crippen LogP contribution in [0.25, 0.3) is 5.83 Å². The highest BCUT2D eigenvalue weighted by Gasteiger charge is 2.04. The van der Waals surface area contributed by atoms with Gasteiger partial charge < -0.3 is 9.47 Å². The van der Waals surface area contributed by atoms with Crippen LogP contribution in [0.1, 0.15) is 12.5 Å². The molecule has 0 saturated carbocycles. The van der Waals surface area contributed by atoms with Crippen molar-refractivity contribution < 1.29 is 18.7 Å². The SMILES string of the molecule is CCOC(=O)/C=C(\F)c1ccc(OC)cc1. The monoisotopic (exact) mass is 224 g/mol. The molecule has 0 heterocycles. The smallest absolute Gasteiger partial charge is 0.333 e. The molecule has 0 radical (unpaired) electrons. The Hall–Kier alpha value is -1.84. The summed E-state index contributed by atoms with van der Waals surface area (Å²) in [5.74, 6) is -0.676. The molecule has 0 unspecified atom stereocenters. The zero-order valence-corrected chi connectivity index (χ0v) is 9.20. The van der Waals surface area contributed by atoms with E-state index in [4.69, 9.17) is 4.74 Å². The Morgan fingerprint density at radius 2 is 2.00 bits per heavy atom. The van der Waals surface area contributed by atoms with Crippen molar-refractivity contribution >= 4 is 11.8 Å². The summed E-state index contributed by atoms with van der Waals surface area (Å²) in [5, 5.41) is 0. The second-order valence-electron chi connectivity index (χ2n) is 2.97. The fraction of sp³-hybridized carbons (Fsp3) is 0.250. The maximum Gasteiger partial charge on any atom is 0.333 e. The topological polar surface area (TPSA) is 35.5 Å². The number of benzene rings is 1. The molecule has 0 spiro atoms. The van der Waals surface area contributed by atoms with Gasteiger partial charge in [-0.15, -0.1) is 0 Å². The minimum atomic E-state index is -0.684. The molecule has 0 aliphatic carbocycles. The summed E-state index contributed by atoms with van der Waals surface area (Å²) in [6.07, 6.45) is 0.825. The van der Waals surface area contributed by atoms with Gasteiger partial charge in [-0.2, -0.15) is 0 Å². The van der Waals surface area contributed by atoms with Gasteiger partial charge in [0.1, 0.15) is 11.6 Å². The molecule has 16 heavy (non-hydrogen) atoms. The Bertz CT molecular complexity index is 382. The normalized spacial score (nSPS) is 11.1. The van der Waals surface area contributed by atoms with Crippen molar-refractivity contribution in [2.45, 2.75) is 6.92 Å². The number of hydrogen-bond acceptors (Lipinski definition) is 3. The maximum absolute atomic E-state index is 13.5. The quantitative estimate of drug-likeness (QED) is 0.582. The molecule has 0 N–H and O–H groups in total. The molecule has 1 rings (SSSR count). The van der Waals surface area contributed by atoms with Crippen molar-refractivity contribution in [3.05, 3.63) is 35.9 Å². The molecule has 3 nitrogen and oxygen atoms in total. The summed E-state index contributed by atoms with van der Waals surface area (Å²) in [6.45, 7) is 1.89. The standard InChI is InChI=1S/C12H13FO3/c1-3-16-12(14)8-11(13)9-4-6-10(15-2)7-5-9/h4-8H,3H2,1-2H3/b11-8-. The van der Waals surface area contributed by atoms with Crippen LogP contribution < -0.4 is 4.74 Å². The van der Waals surface area contributed by atoms with E-state index < -0.39 is 11.8 Å². The van der Waals surface area contributed by atoms with Crippen LogP contribution in [0.4, 0.5) is 4.39 Å². The van der Waals surface area contributed by atoms with Gasteiger partial charge in [0.25, 0.3) is 0 Å². The van der Waals surface area contributed by atoms with Gasteiger partial charge >= 0.3 is 5.97 Å². The number of carbonyl (C=O) groups is 1. The largest absolute Gasteiger partial charge is 0.497 e. The molecule has 0 saturated heterocycles. The second kappa shape index (κ2) is 5.90. The van der Waals surface area contributed by atoms with Gasteiger partial charge in [-0.25, -0.2) is 9.18 Å². The van der Waals surface area contributed by atoms with Crippen molar-refractivity contribution in [3.8, 4) is 5.75 Å². The average Bonchev–Trinajstić information content (AvgIpc) is 2.29. The van der Waals surface area contributed by atoms with Gasteiger partial charge in [-0.1, -0.05) is 0 Å². The summed E-state index contributed by atoms with van der Waals surface area (Å²) in [6, 6.07) is 6.30. The summed E-state index contributed by atoms with van der Waals surface area (Å²) in [5.41, 5.74) is 0.314. The number of rotatable bonds is 4. The fourth-order valence-corrected chi connectivity index (χ4v) is 1.12. The number of hydrogen-bond donors (Lipinski definition) is 0. The summed E-state index contributed by atoms with van der Waals surface area (Å²) in [7, 11) is 1.53. The molecule has 0 aliphatic heterocycles. The van der Waals surface area contributed by atoms with Crippen LogP contribution in [0.3, 0.4) is 0 Å². The van der Waals surface area contributed by atoms with E-state index in [1.807, 2.05) is 0 Å². The number of esters is 1. The van der Waals surface area contributed by atoms with E-state index in [2.05, 4.69) is 4.74 Å². The fourth-order valence-electron chi connectivity index (χ4n) is 1.12. The van der Waals surface area contributed by atoms with Crippen LogP contribution in [0.5, 0.6) is 5.75 Å². The predicted octanol–water partition coefficient (Wildman–Crippen LogP) is 2.57. The molecule has 0 amide bonds. The minimum absolute atomic E-state index is 0.227. The van der Waals surface area contributed by atoms with E-state index >= 15 is 0 Å². The Kier molecular flexibility index (Phi) is 4.51. The lowest BCUT2D eigenvalue weighted by molar-refractivity contribution is -0.137. The van der Waals surface area contributed by atoms with Gasteiger partial charge in [0.15, 0.2) is 0 Å². The molecule has 1 aromatic rings. The highest BCUT2D eigenvalue weighted by atomic mass is 19.1. The molecular weight excluding hydrogens is 211 g/mol. The molecule has 1 aromatic carbocycles. The molecule has 86 valence electrons. The molecule has 0 bridgehead atoms. The third-order valence-electron chi connectivity index (χ3n) is 1.90. The number of methoxy groups -OCH3 is 1. The first-order valence-electron chi connectivity index (χ1n) is 4.85. The number of halogens is 1. The highest BCUT2D eigenvalue weighted by Crippen LogP contribution is 2.19. The van der Waals surface area contributed by atoms with Crippen molar-refractivity contribution in [2.75, 3.05) is 13.7 Å². The Labute approximate surface area is 93.5 Å². The third kappa shape index (κ3) is 3.38. The van der Waals surface area contributed by atoms with E-state index in [-0.39, 0.29) is 6.61 Å². The Morgan fingerprint density at radius 3 is 2.50 bits per heavy atom. The van der Waals surface area contributed by atoms with E-state index in [9.17, 15) is 9.18 Å². The molecule has 0 aromatic heterocycles. The van der Waals surface area contributed by atoms with Crippen LogP contribution in [-0.2, 0) is 9.53 Å². The first kappa shape index (κ1) is 12.2. The second-order valence-corrected chi connectivity index (χ2v) is 2.97. The number of ether oxygens (including phenoxy) is 2. The molecule has 0 aliphatic rings. The van der Waals surface area contributed by atoms with Crippen LogP contribution in [0.2, 0.25) is 0 Å². The van der Waals surface area contributed by atoms with E-state index in [0.717, 1.165) is 6.08 Å². The van der Waals surface area contributed by atoms with Crippen LogP contribution in [0.15, 0.2) is 30.3 Å². The van der Waals surface area contributed by atoms with Crippen molar-refractivity contribution in [1.82, 2.24) is 0 Å². The Morgan fingerprint density at radius 1 is 1.38 bits per heavy atom. The zero-order chi connectivity index (χ0) is 12.0. The highest BCUT2D eigenvalue weighted by molar-refractivity contribution is 5.89. The lowest BCUT2D eigenvalue weighted by Crippen LogP contribution is -1.99. The van der Waals surface area contributed by atoms with Crippen LogP contribution in [0, 0.1) is 0 Å². The van der Waals surface area contributed by atoms with E-state index in [1.165, 1.54) is 19.2 Å². The van der Waals surface area contributed by atoms with E-state index in [1.54, 1.807) is 19.1 Å². The molecule has 4 heteroatoms. The first-order valence-corrected chi connectivity index (χ1v) is 4.85. The van der Waals surface area contributed by atoms with Gasteiger partial charge in [0, 0.05) is 5.56 Å². The third-order valence-corrected chi connectivity index (χ3v) is 1.90.